The van der Waals surface area contributed by atoms with Gasteiger partial charge in [0.2, 0.25) is 0 Å². The fourth-order valence-electron chi connectivity index (χ4n) is 13.3. The molecule has 11 aromatic rings. The number of ether oxygens (including phenoxy) is 8. The summed E-state index contributed by atoms with van der Waals surface area (Å²) in [6, 6.07) is 18.5. The Morgan fingerprint density at radius 3 is 0.704 bits per heavy atom. The van der Waals surface area contributed by atoms with Gasteiger partial charge in [-0.25, -0.2) is 29.9 Å². The maximum atomic E-state index is 13.7. The molecule has 0 amide bonds. The highest BCUT2D eigenvalue weighted by Crippen LogP contribution is 2.59. The zero-order chi connectivity index (χ0) is 77.2. The number of hydrogen-bond acceptors (Lipinski definition) is 22. The van der Waals surface area contributed by atoms with Crippen molar-refractivity contribution < 1.29 is 57.6 Å². The number of nitro groups is 4. The van der Waals surface area contributed by atoms with E-state index in [1.807, 2.05) is 111 Å². The third-order valence-electron chi connectivity index (χ3n) is 17.8. The summed E-state index contributed by atoms with van der Waals surface area (Å²) in [5.41, 5.74) is -0.915. The van der Waals surface area contributed by atoms with Crippen molar-refractivity contribution in [3.8, 4) is 91.5 Å². The smallest absolute Gasteiger partial charge is 0.281 e. The van der Waals surface area contributed by atoms with Crippen LogP contribution in [0.5, 0.6) is 46.0 Å². The molecular formula is C80H86N12O16. The number of hydrogen-bond donors (Lipinski definition) is 2. The average molecular weight is 1470 g/mol. The fraction of sp³-hybridized carbons (Fsp3) is 0.400. The molecule has 13 rings (SSSR count). The van der Waals surface area contributed by atoms with Gasteiger partial charge in [-0.15, -0.1) is 0 Å². The van der Waals surface area contributed by atoms with Crippen molar-refractivity contribution in [3.63, 3.8) is 0 Å². The second kappa shape index (κ2) is 29.8. The number of aromatic amines is 2. The summed E-state index contributed by atoms with van der Waals surface area (Å²) < 4.78 is 55.9. The van der Waals surface area contributed by atoms with Crippen LogP contribution in [0.2, 0.25) is 0 Å². The minimum Gasteiger partial charge on any atom is -0.492 e. The van der Waals surface area contributed by atoms with Crippen molar-refractivity contribution >= 4 is 110 Å². The van der Waals surface area contributed by atoms with E-state index in [9.17, 15) is 40.5 Å². The second-order valence-corrected chi connectivity index (χ2v) is 30.7. The van der Waals surface area contributed by atoms with E-state index in [-0.39, 0.29) is 302 Å². The third-order valence-corrected chi connectivity index (χ3v) is 17.8. The van der Waals surface area contributed by atoms with Gasteiger partial charge in [0.15, 0.2) is 23.3 Å². The Kier molecular flexibility index (Phi) is 20.6. The zero-order valence-electron chi connectivity index (χ0n) is 63.2. The highest BCUT2D eigenvalue weighted by molar-refractivity contribution is 6.25. The summed E-state index contributed by atoms with van der Waals surface area (Å²) in [5, 5.41) is 56.7. The molecule has 0 saturated heterocycles. The molecule has 8 aromatic carbocycles. The summed E-state index contributed by atoms with van der Waals surface area (Å²) >= 11 is 0. The van der Waals surface area contributed by atoms with Crippen LogP contribution in [0.25, 0.3) is 133 Å². The first-order chi connectivity index (χ1) is 51.5. The summed E-state index contributed by atoms with van der Waals surface area (Å²) in [5.74, 6) is -1.19. The van der Waals surface area contributed by atoms with Crippen LogP contribution < -0.4 is 37.9 Å². The number of aromatic nitrogens is 8. The lowest BCUT2D eigenvalue weighted by atomic mass is 9.96. The van der Waals surface area contributed by atoms with E-state index in [1.165, 1.54) is 24.3 Å². The molecule has 28 heteroatoms. The van der Waals surface area contributed by atoms with Crippen LogP contribution in [-0.4, -0.2) is 112 Å². The van der Waals surface area contributed by atoms with E-state index in [0.717, 1.165) is 0 Å². The van der Waals surface area contributed by atoms with Crippen LogP contribution in [0, 0.1) is 87.8 Å². The lowest BCUT2D eigenvalue weighted by molar-refractivity contribution is -0.383. The number of nitrogens with one attached hydrogen (secondary N) is 2. The van der Waals surface area contributed by atoms with E-state index >= 15 is 0 Å². The van der Waals surface area contributed by atoms with Gasteiger partial charge in [0.05, 0.1) is 116 Å². The second-order valence-electron chi connectivity index (χ2n) is 30.7. The Balaban J connectivity index is 1.41. The molecule has 108 heavy (non-hydrogen) atoms. The van der Waals surface area contributed by atoms with E-state index in [1.54, 1.807) is 48.5 Å². The lowest BCUT2D eigenvalue weighted by Gasteiger charge is -2.20. The maximum absolute atomic E-state index is 13.7. The largest absolute Gasteiger partial charge is 0.492 e. The number of fused-ring (bicyclic) bond motifs is 24. The maximum Gasteiger partial charge on any atom is 0.281 e. The monoisotopic (exact) mass is 1470 g/mol. The number of benzene rings is 8. The van der Waals surface area contributed by atoms with Gasteiger partial charge < -0.3 is 47.9 Å². The number of nitro benzene ring substituents is 4. The Hall–Kier alpha value is -11.8. The number of H-pyrrole nitrogens is 2. The first kappa shape index (κ1) is 74.4. The molecule has 2 aliphatic rings. The predicted molar refractivity (Wildman–Crippen MR) is 415 cm³/mol. The van der Waals surface area contributed by atoms with Crippen molar-refractivity contribution in [3.05, 3.63) is 113 Å². The molecule has 0 unspecified atom stereocenters. The van der Waals surface area contributed by atoms with E-state index in [2.05, 4.69) is 9.97 Å². The van der Waals surface area contributed by atoms with Gasteiger partial charge in [-0.2, -0.15) is 0 Å². The molecule has 2 aliphatic heterocycles. The molecule has 5 heterocycles. The topological polar surface area (TPSA) is 355 Å². The Labute approximate surface area is 620 Å². The molecule has 0 atom stereocenters. The molecule has 562 valence electrons. The standard InChI is InChI=1S/C80H86N12O16/c1-37(2)29-101-65-45-21-17-25-49(89(93)94)53(45)69(105-33-41(9)10)61-57(65)73-81-77(61)86-74-59-63(71(107-35-43(13)14)55-47(67(59)103-31-39(5)6)23-19-27-51(55)91(97)98)79(83-74)88-76-60-64(72(108-36-44(15)16)56-48(68(60)104-32-40(7)8)24-20-28-52(56)92(99)100)80(84-76)87-75-58-62(78(82-75)85-73)70(106-34-42(11)12)54-46(66(58)102-30-38(3)4)22-18-26-50(54)90(95)96/h17-28,37-44H,29-36H2,1-16H3,(H2,81,82,83,84,85,86,87,88). The van der Waals surface area contributed by atoms with Gasteiger partial charge in [-0.1, -0.05) is 135 Å². The number of non-ortho nitro benzene ring substituents is 4. The van der Waals surface area contributed by atoms with Crippen molar-refractivity contribution in [1.29, 1.82) is 0 Å². The normalized spacial score (nSPS) is 12.2. The summed E-state index contributed by atoms with van der Waals surface area (Å²) in [6.45, 7) is 31.5. The molecule has 0 fully saturated rings. The van der Waals surface area contributed by atoms with Crippen LogP contribution in [0.3, 0.4) is 0 Å². The first-order valence-electron chi connectivity index (χ1n) is 36.5. The molecule has 0 aliphatic carbocycles. The minimum absolute atomic E-state index is 0.00173. The Bertz CT molecular complexity index is 5340. The van der Waals surface area contributed by atoms with Gasteiger partial charge in [-0.3, -0.25) is 40.5 Å². The van der Waals surface area contributed by atoms with Gasteiger partial charge >= 0.3 is 0 Å². The summed E-state index contributed by atoms with van der Waals surface area (Å²) in [4.78, 5) is 93.1. The van der Waals surface area contributed by atoms with E-state index in [0.29, 0.717) is 0 Å². The van der Waals surface area contributed by atoms with Gasteiger partial charge in [-0.05, 0) is 71.6 Å². The average Bonchev–Trinajstić information content (AvgIpc) is 1.53. The molecule has 2 N–H and O–H groups in total. The molecule has 8 bridgehead atoms. The zero-order valence-corrected chi connectivity index (χ0v) is 63.2. The van der Waals surface area contributed by atoms with Crippen LogP contribution in [-0.2, 0) is 0 Å². The highest BCUT2D eigenvalue weighted by Gasteiger charge is 2.40. The molecule has 0 saturated carbocycles. The molecular weight excluding hydrogens is 1380 g/mol. The van der Waals surface area contributed by atoms with Crippen molar-refractivity contribution in [2.24, 2.45) is 47.3 Å². The number of nitrogens with zero attached hydrogens (tertiary/aromatic N) is 10. The lowest BCUT2D eigenvalue weighted by Crippen LogP contribution is -2.09. The fourth-order valence-corrected chi connectivity index (χ4v) is 13.3. The SMILES string of the molecule is CC(C)COc1c2c(c(OCC(C)C)c3c([N+](=O)[O-])cccc13)-c1nc-2nc2[nH]c(nc3nc(nc4[nH]c(n1)c1c(OCC(C)C)c5cccc([N+](=O)[O-])c5c(OCC(C)C)c41)-c1c-3c(OCC(C)C)c3c([N+](=O)[O-])cccc3c1OCC(C)C)c1c(OCC(C)C)c3cccc([N+](=O)[O-])c3c(OCC(C)C)c21. The highest BCUT2D eigenvalue weighted by atomic mass is 16.6. The van der Waals surface area contributed by atoms with Crippen molar-refractivity contribution in [2.45, 2.75) is 111 Å². The quantitative estimate of drug-likeness (QED) is 0.0340. The minimum atomic E-state index is -0.497. The molecule has 0 radical (unpaired) electrons. The van der Waals surface area contributed by atoms with E-state index < -0.39 is 19.7 Å². The summed E-state index contributed by atoms with van der Waals surface area (Å²) in [7, 11) is 0. The summed E-state index contributed by atoms with van der Waals surface area (Å²) in [6.07, 6.45) is 0. The third kappa shape index (κ3) is 13.7. The van der Waals surface area contributed by atoms with Crippen LogP contribution in [0.15, 0.2) is 72.8 Å². The van der Waals surface area contributed by atoms with Gasteiger partial charge in [0, 0.05) is 45.8 Å². The van der Waals surface area contributed by atoms with Crippen LogP contribution in [0.4, 0.5) is 22.7 Å². The predicted octanol–water partition coefficient (Wildman–Crippen LogP) is 19.4. The number of rotatable bonds is 28. The van der Waals surface area contributed by atoms with Gasteiger partial charge in [0.1, 0.15) is 90.1 Å². The first-order valence-corrected chi connectivity index (χ1v) is 36.5. The van der Waals surface area contributed by atoms with Crippen molar-refractivity contribution in [1.82, 2.24) is 39.9 Å². The Morgan fingerprint density at radius 2 is 0.463 bits per heavy atom. The molecule has 0 spiro atoms. The Morgan fingerprint density at radius 1 is 0.269 bits per heavy atom. The molecule has 3 aromatic heterocycles. The van der Waals surface area contributed by atoms with Crippen LogP contribution in [0.1, 0.15) is 111 Å². The van der Waals surface area contributed by atoms with Gasteiger partial charge in [0.25, 0.3) is 22.7 Å². The van der Waals surface area contributed by atoms with E-state index in [4.69, 9.17) is 67.8 Å². The van der Waals surface area contributed by atoms with Crippen molar-refractivity contribution in [2.75, 3.05) is 52.9 Å². The molecule has 28 nitrogen and oxygen atoms in total. The van der Waals surface area contributed by atoms with Crippen LogP contribution >= 0.6 is 0 Å².